The lowest BCUT2D eigenvalue weighted by Crippen LogP contribution is -2.44. The van der Waals surface area contributed by atoms with E-state index in [0.717, 1.165) is 4.90 Å². The number of rotatable bonds is 9. The van der Waals surface area contributed by atoms with Crippen LogP contribution in [-0.4, -0.2) is 69.5 Å². The van der Waals surface area contributed by atoms with Crippen LogP contribution in [0.3, 0.4) is 0 Å². The fourth-order valence-corrected chi connectivity index (χ4v) is 1.74. The summed E-state index contributed by atoms with van der Waals surface area (Å²) in [5.74, 6) is -1.39. The molecule has 10 heteroatoms. The number of nitrogens with one attached hydrogen (secondary N) is 1. The Labute approximate surface area is 111 Å². The van der Waals surface area contributed by atoms with E-state index in [4.69, 9.17) is 15.0 Å². The Balaban J connectivity index is 4.12. The van der Waals surface area contributed by atoms with Crippen LogP contribution in [0.2, 0.25) is 0 Å². The van der Waals surface area contributed by atoms with Gasteiger partial charge in [-0.05, 0) is 6.42 Å². The average Bonchev–Trinajstić information content (AvgIpc) is 2.28. The highest BCUT2D eigenvalue weighted by atomic mass is 32.2. The van der Waals surface area contributed by atoms with Crippen LogP contribution in [0.1, 0.15) is 6.42 Å². The van der Waals surface area contributed by atoms with Crippen LogP contribution in [-0.2, 0) is 19.6 Å². The molecule has 0 radical (unpaired) electrons. The maximum atomic E-state index is 11.6. The van der Waals surface area contributed by atoms with Gasteiger partial charge in [0.25, 0.3) is 0 Å². The number of methoxy groups -OCH3 is 1. The van der Waals surface area contributed by atoms with Gasteiger partial charge in [0.15, 0.2) is 0 Å². The summed E-state index contributed by atoms with van der Waals surface area (Å²) in [6, 6.07) is -0.589. The van der Waals surface area contributed by atoms with Crippen molar-refractivity contribution in [2.75, 3.05) is 39.1 Å². The summed E-state index contributed by atoms with van der Waals surface area (Å²) in [6.45, 7) is -0.0234. The summed E-state index contributed by atoms with van der Waals surface area (Å²) in [6.07, 6.45) is 0.162. The number of amides is 2. The molecule has 0 atom stereocenters. The highest BCUT2D eigenvalue weighted by Gasteiger charge is 2.16. The zero-order valence-corrected chi connectivity index (χ0v) is 11.5. The van der Waals surface area contributed by atoms with Gasteiger partial charge >= 0.3 is 12.0 Å². The number of sulfonamides is 1. The van der Waals surface area contributed by atoms with E-state index in [1.807, 2.05) is 0 Å². The monoisotopic (exact) mass is 297 g/mol. The number of carbonyl (C=O) groups excluding carboxylic acids is 1. The molecule has 0 bridgehead atoms. The van der Waals surface area contributed by atoms with Crippen molar-refractivity contribution >= 4 is 22.0 Å². The molecule has 0 heterocycles. The van der Waals surface area contributed by atoms with Crippen LogP contribution >= 0.6 is 0 Å². The van der Waals surface area contributed by atoms with Gasteiger partial charge in [0, 0.05) is 20.2 Å². The van der Waals surface area contributed by atoms with Crippen LogP contribution in [0, 0.1) is 0 Å². The van der Waals surface area contributed by atoms with E-state index in [0.29, 0.717) is 0 Å². The van der Waals surface area contributed by atoms with E-state index in [2.05, 4.69) is 5.32 Å². The lowest BCUT2D eigenvalue weighted by Gasteiger charge is -2.20. The van der Waals surface area contributed by atoms with E-state index in [1.54, 1.807) is 0 Å². The van der Waals surface area contributed by atoms with E-state index in [-0.39, 0.29) is 31.9 Å². The molecule has 112 valence electrons. The Morgan fingerprint density at radius 3 is 2.53 bits per heavy atom. The van der Waals surface area contributed by atoms with Crippen molar-refractivity contribution in [3.63, 3.8) is 0 Å². The van der Waals surface area contributed by atoms with Crippen LogP contribution in [0.4, 0.5) is 4.79 Å². The summed E-state index contributed by atoms with van der Waals surface area (Å²) < 4.78 is 26.1. The van der Waals surface area contributed by atoms with Gasteiger partial charge < -0.3 is 20.1 Å². The summed E-state index contributed by atoms with van der Waals surface area (Å²) in [7, 11) is -2.12. The molecule has 4 N–H and O–H groups in total. The third-order valence-corrected chi connectivity index (χ3v) is 2.92. The number of hydrogen-bond donors (Lipinski definition) is 3. The minimum atomic E-state index is -3.55. The Hall–Kier alpha value is -1.39. The number of urea groups is 1. The van der Waals surface area contributed by atoms with E-state index >= 15 is 0 Å². The lowest BCUT2D eigenvalue weighted by molar-refractivity contribution is -0.137. The van der Waals surface area contributed by atoms with Crippen molar-refractivity contribution < 1.29 is 27.9 Å². The number of nitrogens with zero attached hydrogens (tertiary/aromatic N) is 1. The molecule has 0 aromatic rings. The largest absolute Gasteiger partial charge is 0.480 e. The zero-order chi connectivity index (χ0) is 14.9. The predicted molar refractivity (Wildman–Crippen MR) is 67.1 cm³/mol. The van der Waals surface area contributed by atoms with Crippen LogP contribution < -0.4 is 10.5 Å². The van der Waals surface area contributed by atoms with Gasteiger partial charge in [0.2, 0.25) is 10.0 Å². The number of carbonyl (C=O) groups is 2. The second-order valence-electron chi connectivity index (χ2n) is 3.76. The Kier molecular flexibility index (Phi) is 8.03. The molecular weight excluding hydrogens is 278 g/mol. The summed E-state index contributed by atoms with van der Waals surface area (Å²) >= 11 is 0. The number of hydrogen-bond acceptors (Lipinski definition) is 5. The minimum absolute atomic E-state index is 0.0956. The molecular formula is C9H19N3O6S. The zero-order valence-electron chi connectivity index (χ0n) is 10.7. The van der Waals surface area contributed by atoms with Crippen LogP contribution in [0.25, 0.3) is 0 Å². The number of carboxylic acids is 1. The smallest absolute Gasteiger partial charge is 0.323 e. The predicted octanol–water partition coefficient (Wildman–Crippen LogP) is -1.59. The third kappa shape index (κ3) is 10.2. The summed E-state index contributed by atoms with van der Waals surface area (Å²) in [4.78, 5) is 23.3. The van der Waals surface area contributed by atoms with Crippen molar-refractivity contribution in [3.05, 3.63) is 0 Å². The van der Waals surface area contributed by atoms with Gasteiger partial charge in [-0.1, -0.05) is 0 Å². The molecule has 0 spiro atoms. The molecule has 0 fully saturated rings. The standard InChI is InChI=1S/C9H19N3O6S/c1-18-5-4-12(7-8(13)14)9(15)11-3-2-6-19(10,16)17/h2-7H2,1H3,(H,11,15)(H,13,14)(H2,10,16,17). The number of nitrogens with two attached hydrogens (primary N) is 1. The van der Waals surface area contributed by atoms with E-state index < -0.39 is 28.6 Å². The van der Waals surface area contributed by atoms with Gasteiger partial charge in [-0.15, -0.1) is 0 Å². The maximum absolute atomic E-state index is 11.6. The second-order valence-corrected chi connectivity index (χ2v) is 5.49. The second kappa shape index (κ2) is 8.67. The topological polar surface area (TPSA) is 139 Å². The van der Waals surface area contributed by atoms with Gasteiger partial charge in [0.1, 0.15) is 6.54 Å². The molecule has 0 rings (SSSR count). The molecule has 19 heavy (non-hydrogen) atoms. The molecule has 0 saturated heterocycles. The normalized spacial score (nSPS) is 11.1. The van der Waals surface area contributed by atoms with Gasteiger partial charge in [-0.3, -0.25) is 4.79 Å². The highest BCUT2D eigenvalue weighted by molar-refractivity contribution is 7.89. The van der Waals surface area contributed by atoms with Crippen LogP contribution in [0.15, 0.2) is 0 Å². The first-order chi connectivity index (χ1) is 8.76. The SMILES string of the molecule is COCCN(CC(=O)O)C(=O)NCCCS(N)(=O)=O. The Morgan fingerprint density at radius 1 is 1.42 bits per heavy atom. The first kappa shape index (κ1) is 17.6. The summed E-state index contributed by atoms with van der Waals surface area (Å²) in [5.41, 5.74) is 0. The van der Waals surface area contributed by atoms with Crippen molar-refractivity contribution in [3.8, 4) is 0 Å². The number of ether oxygens (including phenoxy) is 1. The fourth-order valence-electron chi connectivity index (χ4n) is 1.20. The van der Waals surface area contributed by atoms with E-state index in [1.165, 1.54) is 7.11 Å². The first-order valence-corrected chi connectivity index (χ1v) is 7.22. The van der Waals surface area contributed by atoms with Crippen molar-refractivity contribution in [2.45, 2.75) is 6.42 Å². The van der Waals surface area contributed by atoms with Crippen molar-refractivity contribution in [2.24, 2.45) is 5.14 Å². The first-order valence-electron chi connectivity index (χ1n) is 5.50. The number of aliphatic carboxylic acids is 1. The molecule has 0 saturated carbocycles. The van der Waals surface area contributed by atoms with Gasteiger partial charge in [-0.25, -0.2) is 18.4 Å². The Morgan fingerprint density at radius 2 is 2.05 bits per heavy atom. The van der Waals surface area contributed by atoms with Crippen molar-refractivity contribution in [1.82, 2.24) is 10.2 Å². The lowest BCUT2D eigenvalue weighted by atomic mass is 10.4. The number of primary sulfonamides is 1. The maximum Gasteiger partial charge on any atom is 0.323 e. The summed E-state index contributed by atoms with van der Waals surface area (Å²) in [5, 5.41) is 15.9. The minimum Gasteiger partial charge on any atom is -0.480 e. The third-order valence-electron chi connectivity index (χ3n) is 2.06. The highest BCUT2D eigenvalue weighted by Crippen LogP contribution is 1.92. The van der Waals surface area contributed by atoms with Crippen molar-refractivity contribution in [1.29, 1.82) is 0 Å². The number of carboxylic acid groups (broad SMARTS) is 1. The van der Waals surface area contributed by atoms with E-state index in [9.17, 15) is 18.0 Å². The molecule has 0 aromatic heterocycles. The molecule has 0 aliphatic carbocycles. The van der Waals surface area contributed by atoms with Gasteiger partial charge in [-0.2, -0.15) is 0 Å². The Bertz CT molecular complexity index is 397. The van der Waals surface area contributed by atoms with Gasteiger partial charge in [0.05, 0.1) is 12.4 Å². The average molecular weight is 297 g/mol. The fraction of sp³-hybridized carbons (Fsp3) is 0.778. The molecule has 0 unspecified atom stereocenters. The molecule has 9 nitrogen and oxygen atoms in total. The molecule has 0 aliphatic heterocycles. The quantitative estimate of drug-likeness (QED) is 0.438. The molecule has 0 aliphatic rings. The molecule has 0 aromatic carbocycles. The van der Waals surface area contributed by atoms with Crippen LogP contribution in [0.5, 0.6) is 0 Å². The molecule has 2 amide bonds.